The Morgan fingerprint density at radius 1 is 1.31 bits per heavy atom. The number of hydrogen-bond acceptors (Lipinski definition) is 1. The Bertz CT molecular complexity index is 350. The van der Waals surface area contributed by atoms with E-state index in [2.05, 4.69) is 45.4 Å². The van der Waals surface area contributed by atoms with Crippen LogP contribution in [0, 0.1) is 12.3 Å². The Balaban J connectivity index is 3.40. The molecular weight excluding hydrogens is 176 g/mol. The molecule has 0 aliphatic carbocycles. The Hall–Kier alpha value is -0.870. The quantitative estimate of drug-likeness (QED) is 0.471. The van der Waals surface area contributed by atoms with Crippen molar-refractivity contribution >= 4 is 12.6 Å². The van der Waals surface area contributed by atoms with Gasteiger partial charge in [-0.15, -0.1) is 19.1 Å². The van der Waals surface area contributed by atoms with Gasteiger partial charge in [-0.25, -0.2) is 0 Å². The zero-order valence-corrected chi connectivity index (χ0v) is 9.15. The SMILES string of the molecule is C#Cc1c(S)cccc1C(C)(C)C. The van der Waals surface area contributed by atoms with Gasteiger partial charge in [-0.05, 0) is 17.0 Å². The molecule has 0 N–H and O–H groups in total. The van der Waals surface area contributed by atoms with Gasteiger partial charge < -0.3 is 0 Å². The highest BCUT2D eigenvalue weighted by Crippen LogP contribution is 2.28. The highest BCUT2D eigenvalue weighted by Gasteiger charge is 2.17. The molecule has 0 nitrogen and oxygen atoms in total. The molecule has 0 unspecified atom stereocenters. The van der Waals surface area contributed by atoms with Crippen LogP contribution in [0.25, 0.3) is 0 Å². The van der Waals surface area contributed by atoms with Gasteiger partial charge in [-0.2, -0.15) is 0 Å². The first-order valence-corrected chi connectivity index (χ1v) is 4.70. The Morgan fingerprint density at radius 3 is 2.31 bits per heavy atom. The van der Waals surface area contributed by atoms with Crippen LogP contribution in [-0.2, 0) is 5.41 Å². The summed E-state index contributed by atoms with van der Waals surface area (Å²) in [7, 11) is 0. The monoisotopic (exact) mass is 190 g/mol. The predicted molar refractivity (Wildman–Crippen MR) is 60.3 cm³/mol. The van der Waals surface area contributed by atoms with Crippen molar-refractivity contribution in [3.8, 4) is 12.3 Å². The molecule has 0 saturated carbocycles. The van der Waals surface area contributed by atoms with E-state index in [1.54, 1.807) is 0 Å². The Labute approximate surface area is 85.8 Å². The fourth-order valence-electron chi connectivity index (χ4n) is 1.32. The molecule has 1 aromatic rings. The molecule has 0 bridgehead atoms. The van der Waals surface area contributed by atoms with Crippen molar-refractivity contribution in [2.24, 2.45) is 0 Å². The number of terminal acetylenes is 1. The molecule has 0 spiro atoms. The maximum atomic E-state index is 5.45. The van der Waals surface area contributed by atoms with Gasteiger partial charge in [0.25, 0.3) is 0 Å². The van der Waals surface area contributed by atoms with Gasteiger partial charge >= 0.3 is 0 Å². The molecule has 0 aliphatic rings. The summed E-state index contributed by atoms with van der Waals surface area (Å²) in [5.41, 5.74) is 2.18. The molecule has 0 atom stereocenters. The Morgan fingerprint density at radius 2 is 1.92 bits per heavy atom. The van der Waals surface area contributed by atoms with Crippen LogP contribution < -0.4 is 0 Å². The average molecular weight is 190 g/mol. The van der Waals surface area contributed by atoms with Crippen LogP contribution in [0.4, 0.5) is 0 Å². The van der Waals surface area contributed by atoms with E-state index in [1.807, 2.05) is 12.1 Å². The van der Waals surface area contributed by atoms with Gasteiger partial charge in [0, 0.05) is 10.5 Å². The van der Waals surface area contributed by atoms with Crippen LogP contribution >= 0.6 is 12.6 Å². The van der Waals surface area contributed by atoms with E-state index in [0.717, 1.165) is 10.5 Å². The van der Waals surface area contributed by atoms with Gasteiger partial charge in [-0.3, -0.25) is 0 Å². The van der Waals surface area contributed by atoms with Crippen molar-refractivity contribution < 1.29 is 0 Å². The molecule has 13 heavy (non-hydrogen) atoms. The third-order valence-electron chi connectivity index (χ3n) is 1.99. The van der Waals surface area contributed by atoms with E-state index in [9.17, 15) is 0 Å². The van der Waals surface area contributed by atoms with Gasteiger partial charge in [0.2, 0.25) is 0 Å². The van der Waals surface area contributed by atoms with Gasteiger partial charge in [0.05, 0.1) is 0 Å². The summed E-state index contributed by atoms with van der Waals surface area (Å²) in [5, 5.41) is 0. The summed E-state index contributed by atoms with van der Waals surface area (Å²) in [6.45, 7) is 6.45. The molecule has 1 aromatic carbocycles. The zero-order valence-electron chi connectivity index (χ0n) is 8.26. The molecule has 0 aliphatic heterocycles. The molecular formula is C12H14S. The van der Waals surface area contributed by atoms with Crippen LogP contribution in [0.15, 0.2) is 23.1 Å². The average Bonchev–Trinajstić information content (AvgIpc) is 2.02. The van der Waals surface area contributed by atoms with Crippen molar-refractivity contribution in [3.05, 3.63) is 29.3 Å². The van der Waals surface area contributed by atoms with Crippen LogP contribution in [0.2, 0.25) is 0 Å². The van der Waals surface area contributed by atoms with Crippen molar-refractivity contribution in [1.82, 2.24) is 0 Å². The Kier molecular flexibility index (Phi) is 2.73. The first-order valence-electron chi connectivity index (χ1n) is 4.26. The number of benzene rings is 1. The number of thiol groups is 1. The topological polar surface area (TPSA) is 0 Å². The first kappa shape index (κ1) is 10.2. The number of hydrogen-bond donors (Lipinski definition) is 1. The van der Waals surface area contributed by atoms with Crippen molar-refractivity contribution in [2.75, 3.05) is 0 Å². The van der Waals surface area contributed by atoms with E-state index in [0.29, 0.717) is 0 Å². The summed E-state index contributed by atoms with van der Waals surface area (Å²) in [6.07, 6.45) is 5.45. The zero-order chi connectivity index (χ0) is 10.1. The van der Waals surface area contributed by atoms with E-state index in [4.69, 9.17) is 6.42 Å². The summed E-state index contributed by atoms with van der Waals surface area (Å²) >= 11 is 4.34. The maximum absolute atomic E-state index is 5.45. The minimum absolute atomic E-state index is 0.0838. The molecule has 0 aromatic heterocycles. The normalized spacial score (nSPS) is 11.0. The molecule has 0 amide bonds. The smallest absolute Gasteiger partial charge is 0.0413 e. The lowest BCUT2D eigenvalue weighted by atomic mass is 9.84. The molecule has 1 rings (SSSR count). The minimum Gasteiger partial charge on any atom is -0.142 e. The van der Waals surface area contributed by atoms with Gasteiger partial charge in [-0.1, -0.05) is 38.8 Å². The minimum atomic E-state index is 0.0838. The molecule has 0 heterocycles. The van der Waals surface area contributed by atoms with E-state index < -0.39 is 0 Å². The van der Waals surface area contributed by atoms with Crippen molar-refractivity contribution in [1.29, 1.82) is 0 Å². The largest absolute Gasteiger partial charge is 0.142 e. The van der Waals surface area contributed by atoms with Crippen LogP contribution in [-0.4, -0.2) is 0 Å². The first-order chi connectivity index (χ1) is 5.96. The van der Waals surface area contributed by atoms with Crippen LogP contribution in [0.3, 0.4) is 0 Å². The second kappa shape index (κ2) is 3.47. The van der Waals surface area contributed by atoms with Crippen LogP contribution in [0.5, 0.6) is 0 Å². The summed E-state index contributed by atoms with van der Waals surface area (Å²) in [6, 6.07) is 5.98. The third kappa shape index (κ3) is 2.08. The molecule has 1 heteroatoms. The fourth-order valence-corrected chi connectivity index (χ4v) is 1.59. The standard InChI is InChI=1S/C12H14S/c1-5-9-10(12(2,3)4)7-6-8-11(9)13/h1,6-8,13H,2-4H3. The fraction of sp³-hybridized carbons (Fsp3) is 0.333. The predicted octanol–water partition coefficient (Wildman–Crippen LogP) is 3.25. The molecule has 0 fully saturated rings. The summed E-state index contributed by atoms with van der Waals surface area (Å²) in [5.74, 6) is 2.69. The second-order valence-electron chi connectivity index (χ2n) is 4.09. The maximum Gasteiger partial charge on any atom is 0.0413 e. The third-order valence-corrected chi connectivity index (χ3v) is 2.37. The summed E-state index contributed by atoms with van der Waals surface area (Å²) in [4.78, 5) is 0.884. The lowest BCUT2D eigenvalue weighted by Crippen LogP contribution is -2.13. The molecule has 68 valence electrons. The lowest BCUT2D eigenvalue weighted by molar-refractivity contribution is 0.587. The number of rotatable bonds is 0. The lowest BCUT2D eigenvalue weighted by Gasteiger charge is -2.21. The highest BCUT2D eigenvalue weighted by molar-refractivity contribution is 7.80. The highest BCUT2D eigenvalue weighted by atomic mass is 32.1. The van der Waals surface area contributed by atoms with Gasteiger partial charge in [0.15, 0.2) is 0 Å². The van der Waals surface area contributed by atoms with Crippen molar-refractivity contribution in [3.63, 3.8) is 0 Å². The second-order valence-corrected chi connectivity index (χ2v) is 4.58. The van der Waals surface area contributed by atoms with E-state index >= 15 is 0 Å². The summed E-state index contributed by atoms with van der Waals surface area (Å²) < 4.78 is 0. The van der Waals surface area contributed by atoms with E-state index in [1.165, 1.54) is 5.56 Å². The van der Waals surface area contributed by atoms with Crippen LogP contribution in [0.1, 0.15) is 31.9 Å². The molecule has 0 saturated heterocycles. The van der Waals surface area contributed by atoms with Crippen molar-refractivity contribution in [2.45, 2.75) is 31.1 Å². The molecule has 0 radical (unpaired) electrons. The van der Waals surface area contributed by atoms with Gasteiger partial charge in [0.1, 0.15) is 0 Å². The van der Waals surface area contributed by atoms with E-state index in [-0.39, 0.29) is 5.41 Å².